The molecular weight excluding hydrogens is 398 g/mol. The van der Waals surface area contributed by atoms with E-state index in [1.165, 1.54) is 11.8 Å². The van der Waals surface area contributed by atoms with E-state index < -0.39 is 5.41 Å². The van der Waals surface area contributed by atoms with Crippen LogP contribution in [0.4, 0.5) is 5.69 Å². The lowest BCUT2D eigenvalue weighted by molar-refractivity contribution is -0.123. The van der Waals surface area contributed by atoms with Crippen LogP contribution in [-0.2, 0) is 4.79 Å². The molecule has 0 bridgehead atoms. The number of ketones is 1. The number of rotatable bonds is 5. The predicted molar refractivity (Wildman–Crippen MR) is 119 cm³/mol. The van der Waals surface area contributed by atoms with Gasteiger partial charge in [-0.3, -0.25) is 14.0 Å². The molecule has 4 aromatic rings. The molecule has 1 amide bonds. The molecule has 0 aliphatic carbocycles. The first-order valence-electron chi connectivity index (χ1n) is 9.68. The van der Waals surface area contributed by atoms with Gasteiger partial charge in [-0.05, 0) is 43.3 Å². The minimum absolute atomic E-state index is 0.00531. The zero-order chi connectivity index (χ0) is 21.5. The number of nitrogens with one attached hydrogen (secondary N) is 2. The molecule has 0 fully saturated rings. The Balaban J connectivity index is 1.50. The molecule has 7 nitrogen and oxygen atoms in total. The summed E-state index contributed by atoms with van der Waals surface area (Å²) in [5.74, 6) is 0.576. The van der Waals surface area contributed by atoms with Crippen molar-refractivity contribution in [1.29, 1.82) is 0 Å². The molecule has 0 radical (unpaired) electrons. The van der Waals surface area contributed by atoms with E-state index in [0.29, 0.717) is 22.2 Å². The summed E-state index contributed by atoms with van der Waals surface area (Å²) in [6, 6.07) is 14.8. The number of hydrogen-bond donors (Lipinski definition) is 2. The van der Waals surface area contributed by atoms with E-state index in [4.69, 9.17) is 0 Å². The van der Waals surface area contributed by atoms with Crippen LogP contribution in [-0.4, -0.2) is 36.5 Å². The lowest BCUT2D eigenvalue weighted by atomic mass is 9.95. The van der Waals surface area contributed by atoms with Crippen LogP contribution in [0.15, 0.2) is 53.7 Å². The number of fused-ring (bicyclic) bond motifs is 3. The van der Waals surface area contributed by atoms with Crippen molar-refractivity contribution in [1.82, 2.24) is 19.6 Å². The maximum Gasteiger partial charge on any atom is 0.231 e. The van der Waals surface area contributed by atoms with Crippen LogP contribution in [0.5, 0.6) is 0 Å². The smallest absolute Gasteiger partial charge is 0.231 e. The van der Waals surface area contributed by atoms with Crippen LogP contribution in [0.3, 0.4) is 0 Å². The van der Waals surface area contributed by atoms with E-state index in [1.54, 1.807) is 24.3 Å². The molecule has 8 heteroatoms. The standard InChI is InChI=1S/C22H23N5O2S/c1-13(18(28)14-9-11-15(12-10-14)23-19(29)22(2,3)4)30-21-26-25-20-24-16-7-5-6-8-17(16)27(20)21/h5-13H,1-4H3,(H,23,29)(H,24,25)/t13-/m0/s1. The summed E-state index contributed by atoms with van der Waals surface area (Å²) in [6.45, 7) is 7.43. The highest BCUT2D eigenvalue weighted by molar-refractivity contribution is 8.00. The fourth-order valence-corrected chi connectivity index (χ4v) is 3.95. The maximum absolute atomic E-state index is 12.9. The van der Waals surface area contributed by atoms with Gasteiger partial charge < -0.3 is 5.32 Å². The van der Waals surface area contributed by atoms with Crippen molar-refractivity contribution in [2.45, 2.75) is 38.1 Å². The van der Waals surface area contributed by atoms with Gasteiger partial charge in [0.2, 0.25) is 11.7 Å². The van der Waals surface area contributed by atoms with Gasteiger partial charge in [-0.25, -0.2) is 10.1 Å². The number of aromatic amines is 1. The number of carbonyl (C=O) groups excluding carboxylic acids is 2. The zero-order valence-corrected chi connectivity index (χ0v) is 18.1. The summed E-state index contributed by atoms with van der Waals surface area (Å²) in [5.41, 5.74) is 2.60. The number of hydrogen-bond acceptors (Lipinski definition) is 5. The Morgan fingerprint density at radius 3 is 2.50 bits per heavy atom. The molecule has 0 aliphatic rings. The SMILES string of the molecule is C[C@H](Sc1n[nH]c2nc3ccccc3n12)C(=O)c1ccc(NC(=O)C(C)(C)C)cc1. The minimum atomic E-state index is -0.480. The second kappa shape index (κ2) is 7.60. The van der Waals surface area contributed by atoms with Gasteiger partial charge in [0.05, 0.1) is 16.3 Å². The van der Waals surface area contributed by atoms with E-state index in [1.807, 2.05) is 56.4 Å². The Labute approximate surface area is 178 Å². The molecule has 2 N–H and O–H groups in total. The Morgan fingerprint density at radius 1 is 1.10 bits per heavy atom. The number of amides is 1. The van der Waals surface area contributed by atoms with Crippen molar-refractivity contribution in [3.8, 4) is 0 Å². The molecule has 1 atom stereocenters. The van der Waals surface area contributed by atoms with Crippen molar-refractivity contribution in [3.05, 3.63) is 54.1 Å². The van der Waals surface area contributed by atoms with Crippen molar-refractivity contribution in [3.63, 3.8) is 0 Å². The van der Waals surface area contributed by atoms with Crippen LogP contribution < -0.4 is 5.32 Å². The molecule has 30 heavy (non-hydrogen) atoms. The number of carbonyl (C=O) groups is 2. The quantitative estimate of drug-likeness (QED) is 0.364. The molecule has 0 aliphatic heterocycles. The highest BCUT2D eigenvalue weighted by Gasteiger charge is 2.23. The molecule has 0 saturated heterocycles. The number of Topliss-reactive ketones (excluding diaryl/α,β-unsaturated/α-hetero) is 1. The number of nitrogens with zero attached hydrogens (tertiary/aromatic N) is 3. The van der Waals surface area contributed by atoms with E-state index >= 15 is 0 Å². The van der Waals surface area contributed by atoms with E-state index in [9.17, 15) is 9.59 Å². The van der Waals surface area contributed by atoms with Gasteiger partial charge in [0, 0.05) is 16.7 Å². The van der Waals surface area contributed by atoms with Crippen LogP contribution in [0.2, 0.25) is 0 Å². The second-order valence-corrected chi connectivity index (χ2v) is 9.48. The molecule has 154 valence electrons. The monoisotopic (exact) mass is 421 g/mol. The third kappa shape index (κ3) is 3.82. The minimum Gasteiger partial charge on any atom is -0.326 e. The molecule has 2 heterocycles. The lowest BCUT2D eigenvalue weighted by Crippen LogP contribution is -2.27. The van der Waals surface area contributed by atoms with E-state index in [0.717, 1.165) is 11.0 Å². The molecule has 2 aromatic carbocycles. The summed E-state index contributed by atoms with van der Waals surface area (Å²) < 4.78 is 1.93. The Kier molecular flexibility index (Phi) is 5.11. The highest BCUT2D eigenvalue weighted by atomic mass is 32.2. The summed E-state index contributed by atoms with van der Waals surface area (Å²) in [5, 5.41) is 10.5. The first kappa shape index (κ1) is 20.2. The van der Waals surface area contributed by atoms with Gasteiger partial charge in [-0.1, -0.05) is 44.7 Å². The van der Waals surface area contributed by atoms with Crippen molar-refractivity contribution >= 4 is 46.0 Å². The van der Waals surface area contributed by atoms with Crippen LogP contribution in [0, 0.1) is 5.41 Å². The predicted octanol–water partition coefficient (Wildman–Crippen LogP) is 4.56. The number of para-hydroxylation sites is 2. The van der Waals surface area contributed by atoms with E-state index in [2.05, 4.69) is 20.5 Å². The first-order chi connectivity index (χ1) is 14.2. The van der Waals surface area contributed by atoms with Crippen LogP contribution in [0.1, 0.15) is 38.1 Å². The first-order valence-corrected chi connectivity index (χ1v) is 10.6. The molecular formula is C22H23N5O2S. The number of H-pyrrole nitrogens is 1. The normalized spacial score (nSPS) is 12.9. The number of imidazole rings is 1. The summed E-state index contributed by atoms with van der Waals surface area (Å²) in [7, 11) is 0. The number of aromatic nitrogens is 4. The van der Waals surface area contributed by atoms with Crippen molar-refractivity contribution in [2.75, 3.05) is 5.32 Å². The lowest BCUT2D eigenvalue weighted by Gasteiger charge is -2.17. The third-order valence-electron chi connectivity index (χ3n) is 4.76. The average molecular weight is 422 g/mol. The molecule has 0 spiro atoms. The van der Waals surface area contributed by atoms with Gasteiger partial charge in [0.1, 0.15) is 0 Å². The summed E-state index contributed by atoms with van der Waals surface area (Å²) >= 11 is 1.38. The van der Waals surface area contributed by atoms with Gasteiger partial charge in [-0.2, -0.15) is 0 Å². The second-order valence-electron chi connectivity index (χ2n) is 8.17. The van der Waals surface area contributed by atoms with Gasteiger partial charge in [0.25, 0.3) is 0 Å². The largest absolute Gasteiger partial charge is 0.326 e. The van der Waals surface area contributed by atoms with E-state index in [-0.39, 0.29) is 16.9 Å². The fourth-order valence-electron chi connectivity index (χ4n) is 3.00. The summed E-state index contributed by atoms with van der Waals surface area (Å²) in [6.07, 6.45) is 0. The van der Waals surface area contributed by atoms with Gasteiger partial charge in [-0.15, -0.1) is 5.10 Å². The Hall–Kier alpha value is -3.13. The third-order valence-corrected chi connectivity index (χ3v) is 5.82. The number of thioether (sulfide) groups is 1. The molecule has 0 unspecified atom stereocenters. The maximum atomic E-state index is 12.9. The van der Waals surface area contributed by atoms with Crippen LogP contribution >= 0.6 is 11.8 Å². The average Bonchev–Trinajstić information content (AvgIpc) is 3.27. The zero-order valence-electron chi connectivity index (χ0n) is 17.3. The molecule has 2 aromatic heterocycles. The highest BCUT2D eigenvalue weighted by Crippen LogP contribution is 2.28. The number of benzene rings is 2. The molecule has 4 rings (SSSR count). The van der Waals surface area contributed by atoms with Gasteiger partial charge in [0.15, 0.2) is 10.9 Å². The van der Waals surface area contributed by atoms with Crippen molar-refractivity contribution < 1.29 is 9.59 Å². The fraction of sp³-hybridized carbons (Fsp3) is 0.273. The van der Waals surface area contributed by atoms with Crippen molar-refractivity contribution in [2.24, 2.45) is 5.41 Å². The Morgan fingerprint density at radius 2 is 1.80 bits per heavy atom. The number of anilines is 1. The van der Waals surface area contributed by atoms with Gasteiger partial charge >= 0.3 is 0 Å². The van der Waals surface area contributed by atoms with Crippen LogP contribution in [0.25, 0.3) is 16.8 Å². The summed E-state index contributed by atoms with van der Waals surface area (Å²) in [4.78, 5) is 29.6. The Bertz CT molecular complexity index is 1230. The molecule has 0 saturated carbocycles. The topological polar surface area (TPSA) is 92.2 Å².